The Hall–Kier alpha value is -3.71. The van der Waals surface area contributed by atoms with E-state index in [2.05, 4.69) is 0 Å². The quantitative estimate of drug-likeness (QED) is 0.0394. The fourth-order valence-electron chi connectivity index (χ4n) is 8.42. The summed E-state index contributed by atoms with van der Waals surface area (Å²) in [5.41, 5.74) is -1.31. The van der Waals surface area contributed by atoms with Crippen LogP contribution in [0.4, 0.5) is 0 Å². The second kappa shape index (κ2) is 22.6. The van der Waals surface area contributed by atoms with E-state index in [0.717, 1.165) is 0 Å². The number of carboxylic acid groups (broad SMARTS) is 7. The second-order valence-electron chi connectivity index (χ2n) is 16.8. The van der Waals surface area contributed by atoms with Crippen LogP contribution in [0.5, 0.6) is 0 Å². The molecule has 7 N–H and O–H groups in total. The minimum absolute atomic E-state index is 0.0188. The lowest BCUT2D eigenvalue weighted by Crippen LogP contribution is -2.41. The van der Waals surface area contributed by atoms with Crippen molar-refractivity contribution < 1.29 is 69.3 Å². The van der Waals surface area contributed by atoms with Gasteiger partial charge in [0.15, 0.2) is 0 Å². The van der Waals surface area contributed by atoms with Gasteiger partial charge in [0.05, 0.1) is 35.5 Å². The maximum absolute atomic E-state index is 12.9. The van der Waals surface area contributed by atoms with Crippen LogP contribution < -0.4 is 0 Å². The largest absolute Gasteiger partial charge is 0.481 e. The first-order valence-electron chi connectivity index (χ1n) is 19.3. The zero-order valence-corrected chi connectivity index (χ0v) is 33.9. The van der Waals surface area contributed by atoms with Gasteiger partial charge in [0.25, 0.3) is 0 Å². The third-order valence-electron chi connectivity index (χ3n) is 12.9. The standard InChI is InChI=1S/C40H68O14/c1-11-40(10,39(53)54)24(7)16-28(32(38(51)52)19-34(43)44)17-31(27(14-23(6)36(47)48)13-12-21(4)35(45)46)30(25(8)22(5)15-33(41)42)18-29(20(2)3)26(9)37(49)50/h20-32H,11-19H2,1-10H3,(H,41,42)(H,43,44)(H,45,46)(H,47,48)(H,49,50)(H,51,52)(H,53,54). The van der Waals surface area contributed by atoms with Gasteiger partial charge in [-0.1, -0.05) is 62.3 Å². The summed E-state index contributed by atoms with van der Waals surface area (Å²) in [4.78, 5) is 86.4. The highest BCUT2D eigenvalue weighted by atomic mass is 16.4. The maximum atomic E-state index is 12.9. The van der Waals surface area contributed by atoms with Crippen LogP contribution in [0.2, 0.25) is 0 Å². The van der Waals surface area contributed by atoms with Crippen molar-refractivity contribution in [3.05, 3.63) is 0 Å². The summed E-state index contributed by atoms with van der Waals surface area (Å²) in [7, 11) is 0. The zero-order chi connectivity index (χ0) is 42.4. The molecular weight excluding hydrogens is 704 g/mol. The Morgan fingerprint density at radius 3 is 1.44 bits per heavy atom. The Labute approximate surface area is 320 Å². The Morgan fingerprint density at radius 1 is 0.537 bits per heavy atom. The highest BCUT2D eigenvalue weighted by Crippen LogP contribution is 2.49. The molecule has 0 heterocycles. The Morgan fingerprint density at radius 2 is 1.06 bits per heavy atom. The molecule has 0 aliphatic rings. The van der Waals surface area contributed by atoms with E-state index >= 15 is 0 Å². The Kier molecular flexibility index (Phi) is 21.1. The van der Waals surface area contributed by atoms with Gasteiger partial charge in [0, 0.05) is 6.42 Å². The molecule has 14 nitrogen and oxygen atoms in total. The molecule has 0 aromatic heterocycles. The average Bonchev–Trinajstić information content (AvgIpc) is 3.05. The minimum Gasteiger partial charge on any atom is -0.481 e. The van der Waals surface area contributed by atoms with Crippen molar-refractivity contribution in [2.45, 2.75) is 127 Å². The predicted octanol–water partition coefficient (Wildman–Crippen LogP) is 7.29. The van der Waals surface area contributed by atoms with Gasteiger partial charge in [-0.25, -0.2) is 0 Å². The summed E-state index contributed by atoms with van der Waals surface area (Å²) in [5, 5.41) is 70.4. The smallest absolute Gasteiger partial charge is 0.309 e. The average molecular weight is 773 g/mol. The molecule has 54 heavy (non-hydrogen) atoms. The fourth-order valence-corrected chi connectivity index (χ4v) is 8.42. The maximum Gasteiger partial charge on any atom is 0.309 e. The molecule has 14 heteroatoms. The number of rotatable bonds is 29. The van der Waals surface area contributed by atoms with Crippen molar-refractivity contribution in [3.8, 4) is 0 Å². The molecule has 0 bridgehead atoms. The topological polar surface area (TPSA) is 261 Å². The lowest BCUT2D eigenvalue weighted by atomic mass is 9.59. The van der Waals surface area contributed by atoms with E-state index in [0.29, 0.717) is 0 Å². The molecular formula is C40H68O14. The third-order valence-corrected chi connectivity index (χ3v) is 12.9. The monoisotopic (exact) mass is 772 g/mol. The summed E-state index contributed by atoms with van der Waals surface area (Å²) < 4.78 is 0. The lowest BCUT2D eigenvalue weighted by molar-refractivity contribution is -0.154. The van der Waals surface area contributed by atoms with Gasteiger partial charge >= 0.3 is 41.8 Å². The Balaban J connectivity index is 8.21. The molecule has 13 unspecified atom stereocenters. The summed E-state index contributed by atoms with van der Waals surface area (Å²) in [6, 6.07) is 0. The second-order valence-corrected chi connectivity index (χ2v) is 16.8. The van der Waals surface area contributed by atoms with Crippen molar-refractivity contribution in [3.63, 3.8) is 0 Å². The van der Waals surface area contributed by atoms with Crippen molar-refractivity contribution in [1.82, 2.24) is 0 Å². The molecule has 0 rings (SSSR count). The first-order chi connectivity index (χ1) is 24.7. The van der Waals surface area contributed by atoms with Crippen molar-refractivity contribution in [2.24, 2.45) is 82.3 Å². The van der Waals surface area contributed by atoms with Crippen molar-refractivity contribution in [1.29, 1.82) is 0 Å². The highest BCUT2D eigenvalue weighted by molar-refractivity contribution is 5.78. The molecule has 0 aromatic rings. The van der Waals surface area contributed by atoms with Gasteiger partial charge in [-0.15, -0.1) is 0 Å². The van der Waals surface area contributed by atoms with Gasteiger partial charge in [-0.3, -0.25) is 33.6 Å². The first-order valence-corrected chi connectivity index (χ1v) is 19.3. The molecule has 0 aliphatic carbocycles. The normalized spacial score (nSPS) is 19.7. The van der Waals surface area contributed by atoms with Crippen LogP contribution in [0.25, 0.3) is 0 Å². The van der Waals surface area contributed by atoms with E-state index in [9.17, 15) is 69.3 Å². The molecule has 13 atom stereocenters. The SMILES string of the molecule is CCC(C)(C(=O)O)C(C)CC(CC(C(CCC(C)C(=O)O)CC(C)C(=O)O)C(CC(C(C)C)C(C)C(=O)O)C(C)C(C)CC(=O)O)C(CC(=O)O)C(=O)O. The zero-order valence-electron chi connectivity index (χ0n) is 33.9. The summed E-state index contributed by atoms with van der Waals surface area (Å²) in [5.74, 6) is -17.3. The molecule has 0 aliphatic heterocycles. The summed E-state index contributed by atoms with van der Waals surface area (Å²) in [6.07, 6.45) is -0.296. The van der Waals surface area contributed by atoms with Crippen LogP contribution >= 0.6 is 0 Å². The molecule has 312 valence electrons. The van der Waals surface area contributed by atoms with Gasteiger partial charge in [-0.2, -0.15) is 0 Å². The van der Waals surface area contributed by atoms with Crippen molar-refractivity contribution >= 4 is 41.8 Å². The summed E-state index contributed by atoms with van der Waals surface area (Å²) in [6.45, 7) is 16.9. The van der Waals surface area contributed by atoms with Crippen LogP contribution in [0.1, 0.15) is 127 Å². The first kappa shape index (κ1) is 50.3. The van der Waals surface area contributed by atoms with Gasteiger partial charge in [0.1, 0.15) is 0 Å². The Bertz CT molecular complexity index is 1280. The van der Waals surface area contributed by atoms with E-state index in [1.54, 1.807) is 34.6 Å². The number of carboxylic acids is 7. The highest BCUT2D eigenvalue weighted by Gasteiger charge is 2.45. The van der Waals surface area contributed by atoms with E-state index < -0.39 is 125 Å². The van der Waals surface area contributed by atoms with Gasteiger partial charge in [-0.05, 0) is 105 Å². The number of carbonyl (C=O) groups is 7. The fraction of sp³-hybridized carbons (Fsp3) is 0.825. The third kappa shape index (κ3) is 15.2. The number of aliphatic carboxylic acids is 7. The molecule has 0 amide bonds. The molecule has 0 saturated heterocycles. The van der Waals surface area contributed by atoms with E-state index in [1.165, 1.54) is 13.8 Å². The van der Waals surface area contributed by atoms with Crippen LogP contribution in [-0.4, -0.2) is 77.5 Å². The molecule has 0 spiro atoms. The molecule has 0 saturated carbocycles. The molecule has 0 aromatic carbocycles. The van der Waals surface area contributed by atoms with E-state index in [1.807, 2.05) is 20.8 Å². The number of hydrogen-bond donors (Lipinski definition) is 7. The van der Waals surface area contributed by atoms with Crippen LogP contribution in [0, 0.1) is 82.3 Å². The van der Waals surface area contributed by atoms with E-state index in [4.69, 9.17) is 0 Å². The molecule has 0 fully saturated rings. The summed E-state index contributed by atoms with van der Waals surface area (Å²) >= 11 is 0. The van der Waals surface area contributed by atoms with Crippen LogP contribution in [-0.2, 0) is 33.6 Å². The van der Waals surface area contributed by atoms with Crippen LogP contribution in [0.15, 0.2) is 0 Å². The number of hydrogen-bond acceptors (Lipinski definition) is 7. The van der Waals surface area contributed by atoms with Gasteiger partial charge < -0.3 is 35.7 Å². The molecule has 0 radical (unpaired) electrons. The van der Waals surface area contributed by atoms with Crippen LogP contribution in [0.3, 0.4) is 0 Å². The van der Waals surface area contributed by atoms with Gasteiger partial charge in [0.2, 0.25) is 0 Å². The van der Waals surface area contributed by atoms with Crippen molar-refractivity contribution in [2.75, 3.05) is 0 Å². The lowest BCUT2D eigenvalue weighted by Gasteiger charge is -2.45. The van der Waals surface area contributed by atoms with E-state index in [-0.39, 0.29) is 57.3 Å². The minimum atomic E-state index is -1.48. The predicted molar refractivity (Wildman–Crippen MR) is 200 cm³/mol.